The Morgan fingerprint density at radius 1 is 1.06 bits per heavy atom. The first-order valence-electron chi connectivity index (χ1n) is 5.03. The van der Waals surface area contributed by atoms with E-state index in [0.29, 0.717) is 12.4 Å². The third kappa shape index (κ3) is 3.02. The second-order valence-corrected chi connectivity index (χ2v) is 3.97. The summed E-state index contributed by atoms with van der Waals surface area (Å²) in [6.45, 7) is 1.44. The van der Waals surface area contributed by atoms with Crippen molar-refractivity contribution in [1.82, 2.24) is 5.32 Å². The first-order valence-corrected chi connectivity index (χ1v) is 5.41. The van der Waals surface area contributed by atoms with Crippen LogP contribution in [0.15, 0.2) is 40.8 Å². The van der Waals surface area contributed by atoms with Crippen LogP contribution >= 0.6 is 11.6 Å². The fourth-order valence-electron chi connectivity index (χ4n) is 1.42. The SMILES string of the molecule is Nc1ccc(CNCc2ccc(Cl)cc2)o1. The first-order chi connectivity index (χ1) is 7.74. The maximum Gasteiger partial charge on any atom is 0.190 e. The molecule has 1 aromatic heterocycles. The van der Waals surface area contributed by atoms with Crippen molar-refractivity contribution >= 4 is 17.5 Å². The highest BCUT2D eigenvalue weighted by molar-refractivity contribution is 6.30. The molecule has 4 heteroatoms. The van der Waals surface area contributed by atoms with Crippen molar-refractivity contribution in [2.45, 2.75) is 13.1 Å². The summed E-state index contributed by atoms with van der Waals surface area (Å²) >= 11 is 5.80. The molecule has 0 radical (unpaired) electrons. The highest BCUT2D eigenvalue weighted by Crippen LogP contribution is 2.11. The molecule has 0 saturated carbocycles. The molecule has 0 aliphatic carbocycles. The van der Waals surface area contributed by atoms with Crippen molar-refractivity contribution in [3.8, 4) is 0 Å². The van der Waals surface area contributed by atoms with Gasteiger partial charge in [0.25, 0.3) is 0 Å². The molecule has 0 bridgehead atoms. The molecule has 84 valence electrons. The quantitative estimate of drug-likeness (QED) is 0.858. The molecular weight excluding hydrogens is 224 g/mol. The molecular formula is C12H13ClN2O. The predicted octanol–water partition coefficient (Wildman–Crippen LogP) is 2.81. The van der Waals surface area contributed by atoms with Crippen LogP contribution in [0.25, 0.3) is 0 Å². The van der Waals surface area contributed by atoms with Crippen LogP contribution in [0, 0.1) is 0 Å². The summed E-state index contributed by atoms with van der Waals surface area (Å²) in [6.07, 6.45) is 0. The summed E-state index contributed by atoms with van der Waals surface area (Å²) in [5.41, 5.74) is 6.65. The zero-order valence-electron chi connectivity index (χ0n) is 8.74. The van der Waals surface area contributed by atoms with Crippen LogP contribution in [0.2, 0.25) is 5.02 Å². The zero-order valence-corrected chi connectivity index (χ0v) is 9.50. The molecule has 0 aliphatic heterocycles. The van der Waals surface area contributed by atoms with Crippen molar-refractivity contribution in [3.63, 3.8) is 0 Å². The highest BCUT2D eigenvalue weighted by atomic mass is 35.5. The summed E-state index contributed by atoms with van der Waals surface area (Å²) in [4.78, 5) is 0. The van der Waals surface area contributed by atoms with Gasteiger partial charge in [-0.3, -0.25) is 0 Å². The van der Waals surface area contributed by atoms with E-state index < -0.39 is 0 Å². The third-order valence-electron chi connectivity index (χ3n) is 2.22. The predicted molar refractivity (Wildman–Crippen MR) is 65.1 cm³/mol. The number of furan rings is 1. The molecule has 3 N–H and O–H groups in total. The van der Waals surface area contributed by atoms with Gasteiger partial charge in [0.15, 0.2) is 5.88 Å². The molecule has 0 unspecified atom stereocenters. The second kappa shape index (κ2) is 5.05. The van der Waals surface area contributed by atoms with Gasteiger partial charge in [-0.1, -0.05) is 23.7 Å². The third-order valence-corrected chi connectivity index (χ3v) is 2.48. The molecule has 0 saturated heterocycles. The number of rotatable bonds is 4. The monoisotopic (exact) mass is 236 g/mol. The molecule has 0 atom stereocenters. The van der Waals surface area contributed by atoms with Gasteiger partial charge in [-0.15, -0.1) is 0 Å². The maximum atomic E-state index is 5.80. The highest BCUT2D eigenvalue weighted by Gasteiger charge is 1.98. The standard InChI is InChI=1S/C12H13ClN2O/c13-10-3-1-9(2-4-10)7-15-8-11-5-6-12(14)16-11/h1-6,15H,7-8,14H2. The molecule has 0 amide bonds. The molecule has 1 heterocycles. The van der Waals surface area contributed by atoms with E-state index in [1.54, 1.807) is 6.07 Å². The summed E-state index contributed by atoms with van der Waals surface area (Å²) < 4.78 is 5.23. The van der Waals surface area contributed by atoms with Crippen LogP contribution in [0.4, 0.5) is 5.88 Å². The van der Waals surface area contributed by atoms with Crippen LogP contribution in [0.3, 0.4) is 0 Å². The number of nitrogens with one attached hydrogen (secondary N) is 1. The van der Waals surface area contributed by atoms with Gasteiger partial charge in [-0.05, 0) is 23.8 Å². The zero-order chi connectivity index (χ0) is 11.4. The molecule has 2 rings (SSSR count). The lowest BCUT2D eigenvalue weighted by Gasteiger charge is -2.02. The van der Waals surface area contributed by atoms with Crippen LogP contribution in [-0.4, -0.2) is 0 Å². The van der Waals surface area contributed by atoms with Gasteiger partial charge in [0.1, 0.15) is 5.76 Å². The number of hydrogen-bond donors (Lipinski definition) is 2. The van der Waals surface area contributed by atoms with Gasteiger partial charge in [0.2, 0.25) is 0 Å². The average Bonchev–Trinajstić information content (AvgIpc) is 2.67. The number of nitrogens with two attached hydrogens (primary N) is 1. The smallest absolute Gasteiger partial charge is 0.190 e. The average molecular weight is 237 g/mol. The molecule has 0 fully saturated rings. The lowest BCUT2D eigenvalue weighted by Crippen LogP contribution is -2.11. The van der Waals surface area contributed by atoms with Gasteiger partial charge in [-0.2, -0.15) is 0 Å². The van der Waals surface area contributed by atoms with E-state index in [0.717, 1.165) is 17.3 Å². The minimum absolute atomic E-state index is 0.447. The Morgan fingerprint density at radius 3 is 2.44 bits per heavy atom. The van der Waals surface area contributed by atoms with E-state index in [1.807, 2.05) is 30.3 Å². The molecule has 3 nitrogen and oxygen atoms in total. The van der Waals surface area contributed by atoms with E-state index in [2.05, 4.69) is 5.32 Å². The minimum Gasteiger partial charge on any atom is -0.445 e. The Hall–Kier alpha value is -1.45. The second-order valence-electron chi connectivity index (χ2n) is 3.53. The fraction of sp³-hybridized carbons (Fsp3) is 0.167. The topological polar surface area (TPSA) is 51.2 Å². The van der Waals surface area contributed by atoms with E-state index in [4.69, 9.17) is 21.8 Å². The van der Waals surface area contributed by atoms with Gasteiger partial charge < -0.3 is 15.5 Å². The summed E-state index contributed by atoms with van der Waals surface area (Å²) in [5, 5.41) is 4.01. The van der Waals surface area contributed by atoms with Crippen molar-refractivity contribution in [2.24, 2.45) is 0 Å². The largest absolute Gasteiger partial charge is 0.445 e. The van der Waals surface area contributed by atoms with Gasteiger partial charge in [-0.25, -0.2) is 0 Å². The lowest BCUT2D eigenvalue weighted by atomic mass is 10.2. The summed E-state index contributed by atoms with van der Waals surface area (Å²) in [7, 11) is 0. The van der Waals surface area contributed by atoms with E-state index in [9.17, 15) is 0 Å². The number of halogens is 1. The Bertz CT molecular complexity index is 450. The van der Waals surface area contributed by atoms with E-state index in [-0.39, 0.29) is 0 Å². The normalized spacial score (nSPS) is 10.6. The Morgan fingerprint density at radius 2 is 1.81 bits per heavy atom. The van der Waals surface area contributed by atoms with Crippen LogP contribution in [-0.2, 0) is 13.1 Å². The summed E-state index contributed by atoms with van der Waals surface area (Å²) in [6, 6.07) is 11.4. The lowest BCUT2D eigenvalue weighted by molar-refractivity contribution is 0.497. The molecule has 0 spiro atoms. The van der Waals surface area contributed by atoms with Crippen molar-refractivity contribution < 1.29 is 4.42 Å². The van der Waals surface area contributed by atoms with Crippen LogP contribution in [0.1, 0.15) is 11.3 Å². The fourth-order valence-corrected chi connectivity index (χ4v) is 1.55. The first kappa shape index (κ1) is 11.0. The minimum atomic E-state index is 0.447. The van der Waals surface area contributed by atoms with Crippen molar-refractivity contribution in [3.05, 3.63) is 52.7 Å². The molecule has 16 heavy (non-hydrogen) atoms. The molecule has 1 aromatic carbocycles. The number of hydrogen-bond acceptors (Lipinski definition) is 3. The Labute approximate surface area is 99.2 Å². The Balaban J connectivity index is 1.82. The van der Waals surface area contributed by atoms with Crippen molar-refractivity contribution in [1.29, 1.82) is 0 Å². The number of anilines is 1. The van der Waals surface area contributed by atoms with Crippen LogP contribution in [0.5, 0.6) is 0 Å². The van der Waals surface area contributed by atoms with E-state index in [1.165, 1.54) is 5.56 Å². The van der Waals surface area contributed by atoms with Gasteiger partial charge >= 0.3 is 0 Å². The van der Waals surface area contributed by atoms with Gasteiger partial charge in [0, 0.05) is 17.6 Å². The number of nitrogen functional groups attached to an aromatic ring is 1. The van der Waals surface area contributed by atoms with Crippen molar-refractivity contribution in [2.75, 3.05) is 5.73 Å². The number of benzene rings is 1. The summed E-state index contributed by atoms with van der Waals surface area (Å²) in [5.74, 6) is 1.29. The van der Waals surface area contributed by atoms with Crippen LogP contribution < -0.4 is 11.1 Å². The Kier molecular flexibility index (Phi) is 3.49. The maximum absolute atomic E-state index is 5.80. The molecule has 2 aromatic rings. The molecule has 0 aliphatic rings. The van der Waals surface area contributed by atoms with Gasteiger partial charge in [0.05, 0.1) is 6.54 Å². The van der Waals surface area contributed by atoms with E-state index >= 15 is 0 Å².